The fourth-order valence-corrected chi connectivity index (χ4v) is 4.46. The Bertz CT molecular complexity index is 790. The number of Topliss-reactive ketones (excluding diaryl/α,β-unsaturated/α-hetero) is 1. The highest BCUT2D eigenvalue weighted by molar-refractivity contribution is 6.31. The van der Waals surface area contributed by atoms with E-state index < -0.39 is 5.41 Å². The maximum atomic E-state index is 13.0. The fourth-order valence-electron chi connectivity index (χ4n) is 4.13. The van der Waals surface area contributed by atoms with E-state index in [2.05, 4.69) is 11.8 Å². The number of aryl methyl sites for hydroxylation is 1. The van der Waals surface area contributed by atoms with Gasteiger partial charge in [0.15, 0.2) is 0 Å². The Morgan fingerprint density at radius 2 is 1.90 bits per heavy atom. The zero-order chi connectivity index (χ0) is 22.1. The van der Waals surface area contributed by atoms with Gasteiger partial charge in [0.2, 0.25) is 0 Å². The van der Waals surface area contributed by atoms with Crippen LogP contribution in [-0.4, -0.2) is 45.3 Å². The number of carbonyl (C=O) groups is 2. The van der Waals surface area contributed by atoms with Gasteiger partial charge in [-0.15, -0.1) is 5.92 Å². The van der Waals surface area contributed by atoms with Gasteiger partial charge in [-0.2, -0.15) is 0 Å². The summed E-state index contributed by atoms with van der Waals surface area (Å²) in [5.41, 5.74) is 1.76. The van der Waals surface area contributed by atoms with Crippen molar-refractivity contribution in [3.05, 3.63) is 33.8 Å². The molecule has 0 aliphatic heterocycles. The van der Waals surface area contributed by atoms with Crippen LogP contribution in [-0.2, 0) is 30.2 Å². The molecule has 30 heavy (non-hydrogen) atoms. The van der Waals surface area contributed by atoms with Crippen LogP contribution in [0.3, 0.4) is 0 Å². The zero-order valence-electron chi connectivity index (χ0n) is 18.3. The van der Waals surface area contributed by atoms with E-state index in [1.807, 2.05) is 13.0 Å². The lowest BCUT2D eigenvalue weighted by Crippen LogP contribution is -2.40. The van der Waals surface area contributed by atoms with Gasteiger partial charge in [-0.1, -0.05) is 17.5 Å². The molecule has 5 nitrogen and oxygen atoms in total. The molecular formula is C24H31ClO5. The van der Waals surface area contributed by atoms with Crippen LogP contribution in [0.4, 0.5) is 0 Å². The second-order valence-electron chi connectivity index (χ2n) is 7.86. The van der Waals surface area contributed by atoms with Crippen LogP contribution < -0.4 is 0 Å². The van der Waals surface area contributed by atoms with E-state index in [0.717, 1.165) is 29.5 Å². The van der Waals surface area contributed by atoms with E-state index in [0.29, 0.717) is 31.1 Å². The summed E-state index contributed by atoms with van der Waals surface area (Å²) in [4.78, 5) is 25.6. The van der Waals surface area contributed by atoms with Gasteiger partial charge in [0.25, 0.3) is 0 Å². The van der Waals surface area contributed by atoms with Gasteiger partial charge in [-0.25, -0.2) is 0 Å². The zero-order valence-corrected chi connectivity index (χ0v) is 19.1. The Morgan fingerprint density at radius 1 is 1.20 bits per heavy atom. The lowest BCUT2D eigenvalue weighted by molar-refractivity contribution is -0.159. The summed E-state index contributed by atoms with van der Waals surface area (Å²) >= 11 is 6.42. The van der Waals surface area contributed by atoms with E-state index >= 15 is 0 Å². The minimum Gasteiger partial charge on any atom is -0.469 e. The molecule has 0 spiro atoms. The quantitative estimate of drug-likeness (QED) is 0.329. The topological polar surface area (TPSA) is 61.8 Å². The smallest absolute Gasteiger partial charge is 0.312 e. The predicted molar refractivity (Wildman–Crippen MR) is 117 cm³/mol. The van der Waals surface area contributed by atoms with Crippen LogP contribution >= 0.6 is 11.6 Å². The molecule has 1 aliphatic rings. The Hall–Kier alpha value is -1.87. The molecular weight excluding hydrogens is 404 g/mol. The standard InChI is InChI=1S/C24H31ClO5/c1-5-6-18-13-17(2)21(22(25)14-18)15-19(26)16-24(23(27)29-4)9-7-20(8-10-24)30-12-11-28-3/h13-14,20H,7-12,15-16H2,1-4H3. The third-order valence-electron chi connectivity index (χ3n) is 5.75. The molecule has 164 valence electrons. The van der Waals surface area contributed by atoms with Crippen molar-refractivity contribution in [3.63, 3.8) is 0 Å². The van der Waals surface area contributed by atoms with Crippen LogP contribution in [0, 0.1) is 24.2 Å². The van der Waals surface area contributed by atoms with E-state index in [-0.39, 0.29) is 30.7 Å². The second kappa shape index (κ2) is 11.5. The van der Waals surface area contributed by atoms with Crippen molar-refractivity contribution < 1.29 is 23.8 Å². The van der Waals surface area contributed by atoms with Crippen molar-refractivity contribution in [2.24, 2.45) is 5.41 Å². The van der Waals surface area contributed by atoms with Gasteiger partial charge in [-0.05, 0) is 62.8 Å². The lowest BCUT2D eigenvalue weighted by Gasteiger charge is -2.37. The van der Waals surface area contributed by atoms with Crippen LogP contribution in [0.15, 0.2) is 12.1 Å². The average Bonchev–Trinajstić information content (AvgIpc) is 2.72. The van der Waals surface area contributed by atoms with Crippen molar-refractivity contribution in [2.45, 2.75) is 58.5 Å². The molecule has 1 aromatic carbocycles. The molecule has 0 unspecified atom stereocenters. The lowest BCUT2D eigenvalue weighted by atomic mass is 9.69. The highest BCUT2D eigenvalue weighted by Gasteiger charge is 2.44. The molecule has 0 bridgehead atoms. The summed E-state index contributed by atoms with van der Waals surface area (Å²) in [5.74, 6) is 5.51. The first-order valence-electron chi connectivity index (χ1n) is 10.3. The number of halogens is 1. The van der Waals surface area contributed by atoms with Crippen molar-refractivity contribution in [3.8, 4) is 11.8 Å². The monoisotopic (exact) mass is 434 g/mol. The fraction of sp³-hybridized carbons (Fsp3) is 0.583. The van der Waals surface area contributed by atoms with E-state index in [9.17, 15) is 9.59 Å². The number of methoxy groups -OCH3 is 2. The number of rotatable bonds is 9. The van der Waals surface area contributed by atoms with Crippen molar-refractivity contribution in [1.82, 2.24) is 0 Å². The second-order valence-corrected chi connectivity index (χ2v) is 8.26. The van der Waals surface area contributed by atoms with Crippen molar-refractivity contribution in [2.75, 3.05) is 27.4 Å². The molecule has 0 radical (unpaired) electrons. The van der Waals surface area contributed by atoms with E-state index in [1.54, 1.807) is 20.1 Å². The molecule has 0 heterocycles. The summed E-state index contributed by atoms with van der Waals surface area (Å²) in [5, 5.41) is 0.531. The molecule has 0 amide bonds. The molecule has 2 rings (SSSR count). The van der Waals surface area contributed by atoms with E-state index in [4.69, 9.17) is 25.8 Å². The number of hydrogen-bond donors (Lipinski definition) is 0. The Kier molecular flexibility index (Phi) is 9.36. The number of carbonyl (C=O) groups excluding carboxylic acids is 2. The SMILES string of the molecule is CC#Cc1cc(C)c(CC(=O)CC2(C(=O)OC)CCC(OCCOC)CC2)c(Cl)c1. The summed E-state index contributed by atoms with van der Waals surface area (Å²) in [6, 6.07) is 3.72. The summed E-state index contributed by atoms with van der Waals surface area (Å²) in [6.07, 6.45) is 3.00. The Morgan fingerprint density at radius 3 is 2.47 bits per heavy atom. The molecule has 0 N–H and O–H groups in total. The van der Waals surface area contributed by atoms with Gasteiger partial charge in [0, 0.05) is 30.5 Å². The molecule has 1 saturated carbocycles. The van der Waals surface area contributed by atoms with E-state index in [1.165, 1.54) is 7.11 Å². The minimum absolute atomic E-state index is 0.0153. The first kappa shape index (κ1) is 24.4. The molecule has 1 fully saturated rings. The molecule has 0 atom stereocenters. The maximum Gasteiger partial charge on any atom is 0.312 e. The molecule has 1 aromatic rings. The highest BCUT2D eigenvalue weighted by atomic mass is 35.5. The maximum absolute atomic E-state index is 13.0. The predicted octanol–water partition coefficient (Wildman–Crippen LogP) is 4.29. The molecule has 0 aromatic heterocycles. The minimum atomic E-state index is -0.791. The van der Waals surface area contributed by atoms with Crippen molar-refractivity contribution >= 4 is 23.4 Å². The number of benzene rings is 1. The largest absolute Gasteiger partial charge is 0.469 e. The third-order valence-corrected chi connectivity index (χ3v) is 6.08. The highest BCUT2D eigenvalue weighted by Crippen LogP contribution is 2.42. The van der Waals surface area contributed by atoms with Gasteiger partial charge in [-0.3, -0.25) is 9.59 Å². The van der Waals surface area contributed by atoms with Crippen LogP contribution in [0.2, 0.25) is 5.02 Å². The molecule has 1 aliphatic carbocycles. The van der Waals surface area contributed by atoms with Gasteiger partial charge in [0.05, 0.1) is 31.8 Å². The molecule has 6 heteroatoms. The number of hydrogen-bond acceptors (Lipinski definition) is 5. The number of ether oxygens (including phenoxy) is 3. The van der Waals surface area contributed by atoms with Gasteiger partial charge in [0.1, 0.15) is 5.78 Å². The van der Waals surface area contributed by atoms with Crippen LogP contribution in [0.1, 0.15) is 55.7 Å². The van der Waals surface area contributed by atoms with Crippen LogP contribution in [0.25, 0.3) is 0 Å². The summed E-state index contributed by atoms with van der Waals surface area (Å²) in [6.45, 7) is 4.76. The number of ketones is 1. The third kappa shape index (κ3) is 6.31. The first-order chi connectivity index (χ1) is 14.3. The van der Waals surface area contributed by atoms with Crippen molar-refractivity contribution in [1.29, 1.82) is 0 Å². The normalized spacial score (nSPS) is 20.9. The Balaban J connectivity index is 2.08. The number of esters is 1. The van der Waals surface area contributed by atoms with Crippen LogP contribution in [0.5, 0.6) is 0 Å². The Labute approximate surface area is 184 Å². The van der Waals surface area contributed by atoms with Gasteiger partial charge >= 0.3 is 5.97 Å². The first-order valence-corrected chi connectivity index (χ1v) is 10.7. The average molecular weight is 435 g/mol. The summed E-state index contributed by atoms with van der Waals surface area (Å²) < 4.78 is 15.9. The molecule has 0 saturated heterocycles. The van der Waals surface area contributed by atoms with Gasteiger partial charge < -0.3 is 14.2 Å². The summed E-state index contributed by atoms with van der Waals surface area (Å²) in [7, 11) is 3.01.